The van der Waals surface area contributed by atoms with Crippen LogP contribution in [0.1, 0.15) is 32.1 Å². The van der Waals surface area contributed by atoms with Gasteiger partial charge in [0.2, 0.25) is 5.91 Å². The SMILES string of the molecule is O=C(CCn1cnc2ccccc2c1=O)NC1CCC(Oc2ncccn2)CC1. The molecule has 4 rings (SSSR count). The van der Waals surface area contributed by atoms with Crippen LogP contribution in [0.4, 0.5) is 0 Å². The zero-order valence-corrected chi connectivity index (χ0v) is 16.0. The van der Waals surface area contributed by atoms with Crippen LogP contribution in [0.25, 0.3) is 10.9 Å². The van der Waals surface area contributed by atoms with Crippen LogP contribution in [-0.4, -0.2) is 37.6 Å². The highest BCUT2D eigenvalue weighted by molar-refractivity contribution is 5.77. The second-order valence-corrected chi connectivity index (χ2v) is 7.20. The lowest BCUT2D eigenvalue weighted by Crippen LogP contribution is -2.40. The van der Waals surface area contributed by atoms with Crippen LogP contribution in [0.3, 0.4) is 0 Å². The van der Waals surface area contributed by atoms with E-state index >= 15 is 0 Å². The summed E-state index contributed by atoms with van der Waals surface area (Å²) in [5.41, 5.74) is 0.544. The third-order valence-electron chi connectivity index (χ3n) is 5.16. The quantitative estimate of drug-likeness (QED) is 0.688. The molecule has 2 aromatic heterocycles. The van der Waals surface area contributed by atoms with E-state index < -0.39 is 0 Å². The minimum absolute atomic E-state index is 0.0548. The Bertz CT molecular complexity index is 1030. The first-order valence-electron chi connectivity index (χ1n) is 9.86. The van der Waals surface area contributed by atoms with E-state index in [-0.39, 0.29) is 30.0 Å². The molecule has 1 saturated carbocycles. The first-order chi connectivity index (χ1) is 14.2. The monoisotopic (exact) mass is 393 g/mol. The molecule has 150 valence electrons. The highest BCUT2D eigenvalue weighted by Gasteiger charge is 2.24. The number of rotatable bonds is 6. The second-order valence-electron chi connectivity index (χ2n) is 7.20. The molecule has 1 aromatic carbocycles. The fourth-order valence-corrected chi connectivity index (χ4v) is 3.61. The van der Waals surface area contributed by atoms with Gasteiger partial charge in [0.15, 0.2) is 0 Å². The van der Waals surface area contributed by atoms with Gasteiger partial charge in [0.05, 0.1) is 17.2 Å². The Morgan fingerprint density at radius 3 is 2.62 bits per heavy atom. The number of ether oxygens (including phenoxy) is 1. The zero-order chi connectivity index (χ0) is 20.1. The molecule has 0 bridgehead atoms. The van der Waals surface area contributed by atoms with Gasteiger partial charge in [-0.25, -0.2) is 15.0 Å². The van der Waals surface area contributed by atoms with Crippen molar-refractivity contribution in [2.24, 2.45) is 0 Å². The number of aromatic nitrogens is 4. The molecule has 29 heavy (non-hydrogen) atoms. The van der Waals surface area contributed by atoms with Gasteiger partial charge in [0.1, 0.15) is 6.10 Å². The number of hydrogen-bond acceptors (Lipinski definition) is 6. The van der Waals surface area contributed by atoms with E-state index in [1.165, 1.54) is 10.9 Å². The lowest BCUT2D eigenvalue weighted by molar-refractivity contribution is -0.122. The number of para-hydroxylation sites is 1. The topological polar surface area (TPSA) is 99.0 Å². The van der Waals surface area contributed by atoms with Gasteiger partial charge in [-0.2, -0.15) is 0 Å². The number of amides is 1. The summed E-state index contributed by atoms with van der Waals surface area (Å²) in [6.45, 7) is 0.312. The number of fused-ring (bicyclic) bond motifs is 1. The summed E-state index contributed by atoms with van der Waals surface area (Å²) in [7, 11) is 0. The fourth-order valence-electron chi connectivity index (χ4n) is 3.61. The molecule has 1 aliphatic carbocycles. The number of hydrogen-bond donors (Lipinski definition) is 1. The van der Waals surface area contributed by atoms with E-state index in [0.29, 0.717) is 23.5 Å². The third kappa shape index (κ3) is 4.77. The Morgan fingerprint density at radius 2 is 1.83 bits per heavy atom. The number of nitrogens with one attached hydrogen (secondary N) is 1. The number of nitrogens with zero attached hydrogens (tertiary/aromatic N) is 4. The van der Waals surface area contributed by atoms with E-state index in [0.717, 1.165) is 25.7 Å². The van der Waals surface area contributed by atoms with E-state index in [4.69, 9.17) is 4.74 Å². The van der Waals surface area contributed by atoms with Crippen molar-refractivity contribution < 1.29 is 9.53 Å². The lowest BCUT2D eigenvalue weighted by atomic mass is 9.93. The van der Waals surface area contributed by atoms with E-state index in [2.05, 4.69) is 20.3 Å². The summed E-state index contributed by atoms with van der Waals surface area (Å²) in [5.74, 6) is -0.0548. The van der Waals surface area contributed by atoms with Crippen LogP contribution in [0.5, 0.6) is 6.01 Å². The fraction of sp³-hybridized carbons (Fsp3) is 0.381. The molecule has 1 amide bonds. The van der Waals surface area contributed by atoms with Gasteiger partial charge in [0.25, 0.3) is 5.56 Å². The molecule has 0 radical (unpaired) electrons. The average molecular weight is 393 g/mol. The number of aryl methyl sites for hydroxylation is 1. The molecule has 1 fully saturated rings. The average Bonchev–Trinajstić information content (AvgIpc) is 2.76. The van der Waals surface area contributed by atoms with Gasteiger partial charge in [-0.1, -0.05) is 12.1 Å². The summed E-state index contributed by atoms with van der Waals surface area (Å²) in [6.07, 6.45) is 8.53. The maximum Gasteiger partial charge on any atom is 0.316 e. The highest BCUT2D eigenvalue weighted by Crippen LogP contribution is 2.22. The molecule has 8 nitrogen and oxygen atoms in total. The van der Waals surface area contributed by atoms with E-state index in [9.17, 15) is 9.59 Å². The number of carbonyl (C=O) groups is 1. The predicted molar refractivity (Wildman–Crippen MR) is 107 cm³/mol. The summed E-state index contributed by atoms with van der Waals surface area (Å²) in [6, 6.07) is 9.49. The first kappa shape index (κ1) is 19.0. The maximum absolute atomic E-state index is 12.5. The Morgan fingerprint density at radius 1 is 1.07 bits per heavy atom. The number of benzene rings is 1. The van der Waals surface area contributed by atoms with Crippen LogP contribution in [0.15, 0.2) is 53.8 Å². The lowest BCUT2D eigenvalue weighted by Gasteiger charge is -2.28. The van der Waals surface area contributed by atoms with E-state index in [1.807, 2.05) is 12.1 Å². The van der Waals surface area contributed by atoms with Gasteiger partial charge in [-0.15, -0.1) is 0 Å². The van der Waals surface area contributed by atoms with Gasteiger partial charge in [0, 0.05) is 31.4 Å². The molecular formula is C21H23N5O3. The van der Waals surface area contributed by atoms with Crippen molar-refractivity contribution in [3.8, 4) is 6.01 Å². The van der Waals surface area contributed by atoms with Crippen LogP contribution < -0.4 is 15.6 Å². The molecule has 2 heterocycles. The summed E-state index contributed by atoms with van der Waals surface area (Å²) < 4.78 is 7.27. The van der Waals surface area contributed by atoms with Gasteiger partial charge in [-0.05, 0) is 43.9 Å². The Labute approximate surface area is 168 Å². The zero-order valence-electron chi connectivity index (χ0n) is 16.0. The predicted octanol–water partition coefficient (Wildman–Crippen LogP) is 2.08. The molecule has 1 aliphatic rings. The second kappa shape index (κ2) is 8.81. The van der Waals surface area contributed by atoms with Gasteiger partial charge < -0.3 is 10.1 Å². The maximum atomic E-state index is 12.5. The number of carbonyl (C=O) groups excluding carboxylic acids is 1. The van der Waals surface area contributed by atoms with Crippen molar-refractivity contribution in [1.82, 2.24) is 24.8 Å². The standard InChI is InChI=1S/C21H23N5O3/c27-19(10-13-26-14-24-18-5-2-1-4-17(18)20(26)28)25-15-6-8-16(9-7-15)29-21-22-11-3-12-23-21/h1-5,11-12,14-16H,6-10,13H2,(H,25,27). The van der Waals surface area contributed by atoms with E-state index in [1.54, 1.807) is 30.6 Å². The molecule has 8 heteroatoms. The molecule has 0 unspecified atom stereocenters. The summed E-state index contributed by atoms with van der Waals surface area (Å²) in [4.78, 5) is 37.3. The first-order valence-corrected chi connectivity index (χ1v) is 9.86. The molecule has 0 spiro atoms. The van der Waals surface area contributed by atoms with Gasteiger partial charge >= 0.3 is 6.01 Å². The molecule has 0 saturated heterocycles. The molecular weight excluding hydrogens is 370 g/mol. The van der Waals surface area contributed by atoms with Crippen molar-refractivity contribution >= 4 is 16.8 Å². The third-order valence-corrected chi connectivity index (χ3v) is 5.16. The van der Waals surface area contributed by atoms with Crippen LogP contribution >= 0.6 is 0 Å². The largest absolute Gasteiger partial charge is 0.460 e. The Hall–Kier alpha value is -3.29. The highest BCUT2D eigenvalue weighted by atomic mass is 16.5. The molecule has 1 N–H and O–H groups in total. The van der Waals surface area contributed by atoms with Crippen molar-refractivity contribution in [2.45, 2.75) is 50.8 Å². The Balaban J connectivity index is 1.25. The van der Waals surface area contributed by atoms with Crippen molar-refractivity contribution in [1.29, 1.82) is 0 Å². The normalized spacial score (nSPS) is 19.0. The molecule has 0 atom stereocenters. The minimum Gasteiger partial charge on any atom is -0.460 e. The van der Waals surface area contributed by atoms with Crippen LogP contribution in [0.2, 0.25) is 0 Å². The molecule has 0 aliphatic heterocycles. The summed E-state index contributed by atoms with van der Waals surface area (Å²) >= 11 is 0. The van der Waals surface area contributed by atoms with Crippen molar-refractivity contribution in [3.05, 3.63) is 59.4 Å². The Kier molecular flexibility index (Phi) is 5.79. The van der Waals surface area contributed by atoms with Crippen LogP contribution in [-0.2, 0) is 11.3 Å². The van der Waals surface area contributed by atoms with Crippen molar-refractivity contribution in [2.75, 3.05) is 0 Å². The van der Waals surface area contributed by atoms with Crippen LogP contribution in [0, 0.1) is 0 Å². The summed E-state index contributed by atoms with van der Waals surface area (Å²) in [5, 5.41) is 3.63. The smallest absolute Gasteiger partial charge is 0.316 e. The van der Waals surface area contributed by atoms with Crippen molar-refractivity contribution in [3.63, 3.8) is 0 Å². The molecule has 3 aromatic rings. The minimum atomic E-state index is -0.121. The van der Waals surface area contributed by atoms with Gasteiger partial charge in [-0.3, -0.25) is 14.2 Å².